The number of aliphatic carboxylic acids is 1. The van der Waals surface area contributed by atoms with Crippen LogP contribution in [0.5, 0.6) is 11.5 Å². The number of carbonyl (C=O) groups is 1. The molecule has 1 unspecified atom stereocenters. The van der Waals surface area contributed by atoms with E-state index >= 15 is 0 Å². The molecule has 0 aromatic heterocycles. The van der Waals surface area contributed by atoms with Crippen molar-refractivity contribution in [3.63, 3.8) is 0 Å². The Morgan fingerprint density at radius 3 is 2.62 bits per heavy atom. The van der Waals surface area contributed by atoms with Gasteiger partial charge in [0.05, 0.1) is 25.2 Å². The molecule has 0 bridgehead atoms. The monoisotopic (exact) mass is 313 g/mol. The predicted molar refractivity (Wildman–Crippen MR) is 80.1 cm³/mol. The van der Waals surface area contributed by atoms with E-state index in [1.165, 1.54) is 0 Å². The number of carboxylic acids is 1. The van der Waals surface area contributed by atoms with E-state index in [9.17, 15) is 4.79 Å². The lowest BCUT2D eigenvalue weighted by Crippen LogP contribution is -2.50. The van der Waals surface area contributed by atoms with Crippen LogP contribution in [-0.2, 0) is 11.3 Å². The summed E-state index contributed by atoms with van der Waals surface area (Å²) < 4.78 is 10.5. The average Bonchev–Trinajstić information content (AvgIpc) is 2.42. The Kier molecular flexibility index (Phi) is 4.96. The molecular weight excluding hydrogens is 294 g/mol. The average molecular weight is 314 g/mol. The minimum absolute atomic E-state index is 0.210. The third-order valence-corrected chi connectivity index (χ3v) is 4.46. The fraction of sp³-hybridized carbons (Fsp3) is 0.533. The molecule has 116 valence electrons. The number of likely N-dealkylation sites (tertiary alicyclic amines) is 1. The van der Waals surface area contributed by atoms with Crippen LogP contribution in [0.25, 0.3) is 0 Å². The van der Waals surface area contributed by atoms with E-state index in [0.717, 1.165) is 18.7 Å². The molecule has 0 spiro atoms. The normalized spacial score (nSPS) is 17.1. The van der Waals surface area contributed by atoms with Gasteiger partial charge in [0, 0.05) is 19.6 Å². The number of halogens is 1. The maximum atomic E-state index is 10.9. The highest BCUT2D eigenvalue weighted by Crippen LogP contribution is 2.38. The lowest BCUT2D eigenvalue weighted by atomic mass is 9.87. The summed E-state index contributed by atoms with van der Waals surface area (Å²) >= 11 is 6.34. The standard InChI is InChI=1S/C15H20ClNO4/c1-9(15(18)19)11-7-17(8-11)6-10-4-5-12(20-2)14(21-3)13(10)16/h4-5,9,11H,6-8H2,1-3H3,(H,18,19). The molecule has 2 rings (SSSR count). The largest absolute Gasteiger partial charge is 0.493 e. The maximum Gasteiger partial charge on any atom is 0.306 e. The fourth-order valence-electron chi connectivity index (χ4n) is 2.55. The van der Waals surface area contributed by atoms with Gasteiger partial charge >= 0.3 is 5.97 Å². The highest BCUT2D eigenvalue weighted by atomic mass is 35.5. The van der Waals surface area contributed by atoms with Crippen LogP contribution in [0.1, 0.15) is 12.5 Å². The molecule has 6 heteroatoms. The lowest BCUT2D eigenvalue weighted by Gasteiger charge is -2.41. The van der Waals surface area contributed by atoms with Crippen molar-refractivity contribution < 1.29 is 19.4 Å². The van der Waals surface area contributed by atoms with Gasteiger partial charge in [-0.1, -0.05) is 24.6 Å². The summed E-state index contributed by atoms with van der Waals surface area (Å²) in [5.74, 6) is 0.312. The van der Waals surface area contributed by atoms with Gasteiger partial charge in [-0.15, -0.1) is 0 Å². The van der Waals surface area contributed by atoms with Gasteiger partial charge in [-0.3, -0.25) is 9.69 Å². The number of hydrogen-bond donors (Lipinski definition) is 1. The Morgan fingerprint density at radius 1 is 1.43 bits per heavy atom. The number of rotatable bonds is 6. The molecule has 1 N–H and O–H groups in total. The lowest BCUT2D eigenvalue weighted by molar-refractivity contribution is -0.145. The van der Waals surface area contributed by atoms with Crippen LogP contribution in [0, 0.1) is 11.8 Å². The Morgan fingerprint density at radius 2 is 2.10 bits per heavy atom. The first kappa shape index (κ1) is 15.9. The topological polar surface area (TPSA) is 59.0 Å². The second-order valence-electron chi connectivity index (χ2n) is 5.36. The zero-order valence-electron chi connectivity index (χ0n) is 12.4. The smallest absolute Gasteiger partial charge is 0.306 e. The zero-order valence-corrected chi connectivity index (χ0v) is 13.2. The van der Waals surface area contributed by atoms with E-state index in [-0.39, 0.29) is 11.8 Å². The van der Waals surface area contributed by atoms with Crippen molar-refractivity contribution in [2.75, 3.05) is 27.3 Å². The molecule has 1 aliphatic heterocycles. The van der Waals surface area contributed by atoms with E-state index in [1.54, 1.807) is 21.1 Å². The molecule has 0 amide bonds. The molecule has 1 saturated heterocycles. The first-order chi connectivity index (χ1) is 9.97. The van der Waals surface area contributed by atoms with Crippen molar-refractivity contribution in [2.45, 2.75) is 13.5 Å². The summed E-state index contributed by atoms with van der Waals surface area (Å²) in [6.45, 7) is 3.99. The first-order valence-corrected chi connectivity index (χ1v) is 7.20. The van der Waals surface area contributed by atoms with Gasteiger partial charge in [-0.25, -0.2) is 0 Å². The van der Waals surface area contributed by atoms with Crippen LogP contribution in [0.15, 0.2) is 12.1 Å². The molecule has 1 aliphatic rings. The number of benzene rings is 1. The molecule has 1 aromatic carbocycles. The number of methoxy groups -OCH3 is 2. The zero-order chi connectivity index (χ0) is 15.6. The van der Waals surface area contributed by atoms with E-state index in [4.69, 9.17) is 26.2 Å². The summed E-state index contributed by atoms with van der Waals surface area (Å²) in [4.78, 5) is 13.1. The minimum Gasteiger partial charge on any atom is -0.493 e. The van der Waals surface area contributed by atoms with Crippen molar-refractivity contribution >= 4 is 17.6 Å². The number of nitrogens with zero attached hydrogens (tertiary/aromatic N) is 1. The molecule has 1 fully saturated rings. The maximum absolute atomic E-state index is 10.9. The van der Waals surface area contributed by atoms with E-state index in [2.05, 4.69) is 4.90 Å². The Hall–Kier alpha value is -1.46. The molecule has 1 heterocycles. The molecule has 5 nitrogen and oxygen atoms in total. The van der Waals surface area contributed by atoms with Gasteiger partial charge in [-0.2, -0.15) is 0 Å². The van der Waals surface area contributed by atoms with Gasteiger partial charge in [0.2, 0.25) is 0 Å². The summed E-state index contributed by atoms with van der Waals surface area (Å²) in [6, 6.07) is 3.74. The summed E-state index contributed by atoms with van der Waals surface area (Å²) in [5.41, 5.74) is 0.954. The number of carboxylic acid groups (broad SMARTS) is 1. The molecule has 21 heavy (non-hydrogen) atoms. The van der Waals surface area contributed by atoms with Gasteiger partial charge < -0.3 is 14.6 Å². The second kappa shape index (κ2) is 6.54. The third kappa shape index (κ3) is 3.24. The third-order valence-electron chi connectivity index (χ3n) is 4.04. The minimum atomic E-state index is -0.733. The SMILES string of the molecule is COc1ccc(CN2CC(C(C)C(=O)O)C2)c(Cl)c1OC. The molecule has 0 saturated carbocycles. The van der Waals surface area contributed by atoms with Gasteiger partial charge in [0.15, 0.2) is 11.5 Å². The van der Waals surface area contributed by atoms with Crippen molar-refractivity contribution in [3.8, 4) is 11.5 Å². The molecule has 1 aromatic rings. The van der Waals surface area contributed by atoms with Gasteiger partial charge in [0.25, 0.3) is 0 Å². The van der Waals surface area contributed by atoms with Crippen LogP contribution < -0.4 is 9.47 Å². The molecule has 0 radical (unpaired) electrons. The fourth-order valence-corrected chi connectivity index (χ4v) is 2.84. The van der Waals surface area contributed by atoms with Crippen molar-refractivity contribution in [1.29, 1.82) is 0 Å². The van der Waals surface area contributed by atoms with E-state index < -0.39 is 5.97 Å². The Bertz CT molecular complexity index is 529. The van der Waals surface area contributed by atoms with Crippen molar-refractivity contribution in [1.82, 2.24) is 4.90 Å². The molecule has 0 aliphatic carbocycles. The molecular formula is C15H20ClNO4. The highest BCUT2D eigenvalue weighted by Gasteiger charge is 2.34. The predicted octanol–water partition coefficient (Wildman–Crippen LogP) is 2.51. The number of hydrogen-bond acceptors (Lipinski definition) is 4. The summed E-state index contributed by atoms with van der Waals surface area (Å²) in [5, 5.41) is 9.54. The van der Waals surface area contributed by atoms with Crippen molar-refractivity contribution in [3.05, 3.63) is 22.7 Å². The van der Waals surface area contributed by atoms with Crippen LogP contribution in [0.4, 0.5) is 0 Å². The molecule has 1 atom stereocenters. The van der Waals surface area contributed by atoms with Crippen LogP contribution >= 0.6 is 11.6 Å². The Balaban J connectivity index is 2.01. The summed E-state index contributed by atoms with van der Waals surface area (Å²) in [6.07, 6.45) is 0. The van der Waals surface area contributed by atoms with Gasteiger partial charge in [0.1, 0.15) is 0 Å². The Labute approximate surface area is 129 Å². The van der Waals surface area contributed by atoms with Crippen molar-refractivity contribution in [2.24, 2.45) is 11.8 Å². The second-order valence-corrected chi connectivity index (χ2v) is 5.73. The summed E-state index contributed by atoms with van der Waals surface area (Å²) in [7, 11) is 3.13. The van der Waals surface area contributed by atoms with Crippen LogP contribution in [0.3, 0.4) is 0 Å². The van der Waals surface area contributed by atoms with Crippen LogP contribution in [-0.4, -0.2) is 43.3 Å². The first-order valence-electron chi connectivity index (χ1n) is 6.82. The number of ether oxygens (including phenoxy) is 2. The van der Waals surface area contributed by atoms with Crippen LogP contribution in [0.2, 0.25) is 5.02 Å². The van der Waals surface area contributed by atoms with Gasteiger partial charge in [-0.05, 0) is 17.5 Å². The highest BCUT2D eigenvalue weighted by molar-refractivity contribution is 6.33. The quantitative estimate of drug-likeness (QED) is 0.874. The van der Waals surface area contributed by atoms with E-state index in [0.29, 0.717) is 23.1 Å². The van der Waals surface area contributed by atoms with E-state index in [1.807, 2.05) is 12.1 Å².